The lowest BCUT2D eigenvalue weighted by atomic mass is 10.1. The van der Waals surface area contributed by atoms with Crippen LogP contribution in [0.25, 0.3) is 11.8 Å². The number of nitrogens with one attached hydrogen (secondary N) is 1. The maximum atomic E-state index is 13.1. The predicted molar refractivity (Wildman–Crippen MR) is 123 cm³/mol. The molecule has 6 heteroatoms. The van der Waals surface area contributed by atoms with E-state index in [0.717, 1.165) is 33.1 Å². The van der Waals surface area contributed by atoms with Gasteiger partial charge in [-0.3, -0.25) is 19.8 Å². The quantitative estimate of drug-likeness (QED) is 0.496. The minimum atomic E-state index is -0.707. The van der Waals surface area contributed by atoms with Crippen molar-refractivity contribution in [2.45, 2.75) is 34.2 Å². The summed E-state index contributed by atoms with van der Waals surface area (Å²) in [5, 5.41) is 2.29. The number of aromatic nitrogens is 1. The van der Waals surface area contributed by atoms with Crippen molar-refractivity contribution in [3.05, 3.63) is 93.8 Å². The Kier molecular flexibility index (Phi) is 5.53. The highest BCUT2D eigenvalue weighted by atomic mass is 16.2. The molecule has 0 bridgehead atoms. The molecule has 4 rings (SSSR count). The molecule has 0 radical (unpaired) electrons. The number of carbonyl (C=O) groups excluding carboxylic acids is 3. The molecule has 4 amide bonds. The second kappa shape index (κ2) is 8.30. The molecule has 0 atom stereocenters. The van der Waals surface area contributed by atoms with E-state index < -0.39 is 17.8 Å². The van der Waals surface area contributed by atoms with Gasteiger partial charge < -0.3 is 4.57 Å². The summed E-state index contributed by atoms with van der Waals surface area (Å²) < 4.78 is 2.12. The zero-order valence-corrected chi connectivity index (χ0v) is 18.6. The van der Waals surface area contributed by atoms with Gasteiger partial charge in [-0.1, -0.05) is 42.5 Å². The van der Waals surface area contributed by atoms with E-state index in [-0.39, 0.29) is 12.1 Å². The lowest BCUT2D eigenvalue weighted by Gasteiger charge is -2.26. The molecule has 2 aromatic carbocycles. The fourth-order valence-electron chi connectivity index (χ4n) is 4.04. The summed E-state index contributed by atoms with van der Waals surface area (Å²) >= 11 is 0. The first-order valence-corrected chi connectivity index (χ1v) is 10.5. The molecule has 0 saturated carbocycles. The number of carbonyl (C=O) groups is 3. The number of benzene rings is 2. The summed E-state index contributed by atoms with van der Waals surface area (Å²) in [5.41, 5.74) is 6.83. The van der Waals surface area contributed by atoms with Gasteiger partial charge in [0.05, 0.1) is 6.54 Å². The van der Waals surface area contributed by atoms with Crippen LogP contribution in [0, 0.1) is 27.7 Å². The third-order valence-corrected chi connectivity index (χ3v) is 5.96. The van der Waals surface area contributed by atoms with Gasteiger partial charge in [0.15, 0.2) is 0 Å². The first-order chi connectivity index (χ1) is 15.3. The normalized spacial score (nSPS) is 15.4. The van der Waals surface area contributed by atoms with Gasteiger partial charge in [0.2, 0.25) is 0 Å². The van der Waals surface area contributed by atoms with E-state index in [9.17, 15) is 14.4 Å². The molecule has 1 aromatic heterocycles. The summed E-state index contributed by atoms with van der Waals surface area (Å²) in [6.07, 6.45) is 1.58. The smallest absolute Gasteiger partial charge is 0.318 e. The van der Waals surface area contributed by atoms with Crippen molar-refractivity contribution in [1.29, 1.82) is 0 Å². The Balaban J connectivity index is 1.73. The summed E-state index contributed by atoms with van der Waals surface area (Å²) in [7, 11) is 0. The van der Waals surface area contributed by atoms with Gasteiger partial charge in [-0.25, -0.2) is 4.79 Å². The Labute approximate surface area is 187 Å². The van der Waals surface area contributed by atoms with Crippen LogP contribution in [-0.4, -0.2) is 27.3 Å². The molecule has 1 aliphatic heterocycles. The van der Waals surface area contributed by atoms with Crippen molar-refractivity contribution >= 4 is 23.9 Å². The standard InChI is InChI=1S/C26H25N3O3/c1-16-9-8-12-23(18(16)3)29-17(2)13-21(19(29)4)14-22-24(30)27-26(32)28(25(22)31)15-20-10-6-5-7-11-20/h5-14H,15H2,1-4H3,(H,27,30,32)/b22-14+. The highest BCUT2D eigenvalue weighted by Gasteiger charge is 2.36. The Hall–Kier alpha value is -3.93. The Morgan fingerprint density at radius 1 is 0.906 bits per heavy atom. The zero-order valence-electron chi connectivity index (χ0n) is 18.6. The van der Waals surface area contributed by atoms with Crippen LogP contribution >= 0.6 is 0 Å². The van der Waals surface area contributed by atoms with Crippen molar-refractivity contribution in [2.24, 2.45) is 0 Å². The van der Waals surface area contributed by atoms with Crippen LogP contribution in [0.3, 0.4) is 0 Å². The van der Waals surface area contributed by atoms with Crippen LogP contribution < -0.4 is 5.32 Å². The van der Waals surface area contributed by atoms with E-state index in [4.69, 9.17) is 0 Å². The molecule has 0 unspecified atom stereocenters. The van der Waals surface area contributed by atoms with Crippen LogP contribution in [-0.2, 0) is 16.1 Å². The maximum absolute atomic E-state index is 13.1. The van der Waals surface area contributed by atoms with Crippen molar-refractivity contribution < 1.29 is 14.4 Å². The average Bonchev–Trinajstić information content (AvgIpc) is 3.04. The second-order valence-corrected chi connectivity index (χ2v) is 8.08. The number of aryl methyl sites for hydroxylation is 2. The van der Waals surface area contributed by atoms with Crippen LogP contribution in [0.1, 0.15) is 33.6 Å². The fraction of sp³-hybridized carbons (Fsp3) is 0.192. The Morgan fingerprint density at radius 3 is 2.34 bits per heavy atom. The molecule has 0 aliphatic carbocycles. The summed E-state index contributed by atoms with van der Waals surface area (Å²) in [5.74, 6) is -1.28. The number of rotatable bonds is 4. The summed E-state index contributed by atoms with van der Waals surface area (Å²) in [6.45, 7) is 8.19. The molecular formula is C26H25N3O3. The third kappa shape index (κ3) is 3.75. The van der Waals surface area contributed by atoms with E-state index in [0.29, 0.717) is 0 Å². The average molecular weight is 428 g/mol. The Morgan fingerprint density at radius 2 is 1.62 bits per heavy atom. The molecule has 2 heterocycles. The second-order valence-electron chi connectivity index (χ2n) is 8.08. The highest BCUT2D eigenvalue weighted by Crippen LogP contribution is 2.27. The molecule has 1 aliphatic rings. The topological polar surface area (TPSA) is 71.4 Å². The molecule has 162 valence electrons. The zero-order chi connectivity index (χ0) is 23.0. The van der Waals surface area contributed by atoms with E-state index in [1.165, 1.54) is 11.1 Å². The number of imide groups is 2. The molecule has 1 saturated heterocycles. The van der Waals surface area contributed by atoms with Crippen LogP contribution in [0.15, 0.2) is 60.2 Å². The minimum Gasteiger partial charge on any atom is -0.318 e. The molecule has 1 N–H and O–H groups in total. The highest BCUT2D eigenvalue weighted by molar-refractivity contribution is 6.31. The lowest BCUT2D eigenvalue weighted by Crippen LogP contribution is -2.53. The van der Waals surface area contributed by atoms with Gasteiger partial charge >= 0.3 is 6.03 Å². The van der Waals surface area contributed by atoms with Crippen molar-refractivity contribution in [1.82, 2.24) is 14.8 Å². The van der Waals surface area contributed by atoms with Crippen molar-refractivity contribution in [2.75, 3.05) is 0 Å². The van der Waals surface area contributed by atoms with E-state index in [1.807, 2.05) is 56.3 Å². The van der Waals surface area contributed by atoms with Gasteiger partial charge in [-0.15, -0.1) is 0 Å². The fourth-order valence-corrected chi connectivity index (χ4v) is 4.04. The number of barbiturate groups is 1. The monoisotopic (exact) mass is 427 g/mol. The molecule has 0 spiro atoms. The first kappa shape index (κ1) is 21.3. The lowest BCUT2D eigenvalue weighted by molar-refractivity contribution is -0.130. The number of amides is 4. The first-order valence-electron chi connectivity index (χ1n) is 10.5. The summed E-state index contributed by atoms with van der Waals surface area (Å²) in [4.78, 5) is 39.0. The van der Waals surface area contributed by atoms with E-state index >= 15 is 0 Å². The maximum Gasteiger partial charge on any atom is 0.331 e. The number of nitrogens with zero attached hydrogens (tertiary/aromatic N) is 2. The number of urea groups is 1. The molecule has 32 heavy (non-hydrogen) atoms. The predicted octanol–water partition coefficient (Wildman–Crippen LogP) is 4.37. The number of hydrogen-bond donors (Lipinski definition) is 1. The van der Waals surface area contributed by atoms with Gasteiger partial charge in [0.25, 0.3) is 11.8 Å². The van der Waals surface area contributed by atoms with Gasteiger partial charge in [0.1, 0.15) is 5.57 Å². The minimum absolute atomic E-state index is 0.0539. The van der Waals surface area contributed by atoms with Crippen LogP contribution in [0.2, 0.25) is 0 Å². The van der Waals surface area contributed by atoms with Crippen molar-refractivity contribution in [3.63, 3.8) is 0 Å². The van der Waals surface area contributed by atoms with Crippen LogP contribution in [0.4, 0.5) is 4.79 Å². The van der Waals surface area contributed by atoms with Gasteiger partial charge in [-0.2, -0.15) is 0 Å². The van der Waals surface area contributed by atoms with E-state index in [1.54, 1.807) is 6.08 Å². The molecule has 6 nitrogen and oxygen atoms in total. The van der Waals surface area contributed by atoms with Gasteiger partial charge in [-0.05, 0) is 68.2 Å². The number of hydrogen-bond acceptors (Lipinski definition) is 3. The SMILES string of the molecule is Cc1cccc(-n2c(C)cc(/C=C3\C(=O)NC(=O)N(Cc4ccccc4)C3=O)c2C)c1C. The molecular weight excluding hydrogens is 402 g/mol. The van der Waals surface area contributed by atoms with Gasteiger partial charge in [0, 0.05) is 17.1 Å². The van der Waals surface area contributed by atoms with E-state index in [2.05, 4.69) is 35.9 Å². The van der Waals surface area contributed by atoms with Crippen molar-refractivity contribution in [3.8, 4) is 5.69 Å². The molecule has 1 fully saturated rings. The summed E-state index contributed by atoms with van der Waals surface area (Å²) in [6, 6.07) is 16.6. The van der Waals surface area contributed by atoms with Crippen LogP contribution in [0.5, 0.6) is 0 Å². The third-order valence-electron chi connectivity index (χ3n) is 5.96. The Bertz CT molecular complexity index is 1270. The molecule has 3 aromatic rings. The largest absolute Gasteiger partial charge is 0.331 e.